The third-order valence-corrected chi connectivity index (χ3v) is 3.44. The number of hydrogen-bond acceptors (Lipinski definition) is 3. The minimum atomic E-state index is 0.778. The fourth-order valence-corrected chi connectivity index (χ4v) is 2.62. The third-order valence-electron chi connectivity index (χ3n) is 2.68. The number of carbonyl (C=O) groups is 1. The van der Waals surface area contributed by atoms with E-state index in [4.69, 9.17) is 0 Å². The Morgan fingerprint density at radius 3 is 2.83 bits per heavy atom. The van der Waals surface area contributed by atoms with Crippen molar-refractivity contribution in [1.82, 2.24) is 9.38 Å². The van der Waals surface area contributed by atoms with Crippen LogP contribution in [0.15, 0.2) is 48.0 Å². The number of aldehydes is 1. The van der Waals surface area contributed by atoms with E-state index in [-0.39, 0.29) is 0 Å². The third kappa shape index (κ3) is 1.76. The zero-order valence-corrected chi connectivity index (χ0v) is 10.3. The predicted octanol–water partition coefficient (Wildman–Crippen LogP) is 3.27. The van der Waals surface area contributed by atoms with E-state index in [1.165, 1.54) is 6.08 Å². The average molecular weight is 254 g/mol. The Labute approximate surface area is 108 Å². The summed E-state index contributed by atoms with van der Waals surface area (Å²) >= 11 is 1.58. The van der Waals surface area contributed by atoms with Gasteiger partial charge in [-0.2, -0.15) is 0 Å². The van der Waals surface area contributed by atoms with Crippen molar-refractivity contribution in [3.05, 3.63) is 53.7 Å². The SMILES string of the molecule is O=CC=Cc1c(-c2ccccc2)nc2sccn12. The average Bonchev–Trinajstić information content (AvgIpc) is 2.98. The van der Waals surface area contributed by atoms with Crippen LogP contribution >= 0.6 is 11.3 Å². The number of allylic oxidation sites excluding steroid dienone is 1. The van der Waals surface area contributed by atoms with E-state index < -0.39 is 0 Å². The maximum atomic E-state index is 10.5. The molecule has 0 fully saturated rings. The molecule has 3 aromatic rings. The molecule has 3 nitrogen and oxygen atoms in total. The molecule has 2 heterocycles. The Balaban J connectivity index is 2.25. The second kappa shape index (κ2) is 4.58. The van der Waals surface area contributed by atoms with Gasteiger partial charge in [-0.1, -0.05) is 30.3 Å². The second-order valence-corrected chi connectivity index (χ2v) is 4.64. The predicted molar refractivity (Wildman–Crippen MR) is 73.6 cm³/mol. The van der Waals surface area contributed by atoms with Gasteiger partial charge in [0.2, 0.25) is 0 Å². The van der Waals surface area contributed by atoms with Crippen molar-refractivity contribution in [2.45, 2.75) is 0 Å². The van der Waals surface area contributed by atoms with Gasteiger partial charge in [-0.05, 0) is 12.2 Å². The molecule has 0 saturated heterocycles. The number of fused-ring (bicyclic) bond motifs is 1. The van der Waals surface area contributed by atoms with Crippen LogP contribution in [0.1, 0.15) is 5.69 Å². The van der Waals surface area contributed by atoms with Gasteiger partial charge >= 0.3 is 0 Å². The molecule has 0 amide bonds. The summed E-state index contributed by atoms with van der Waals surface area (Å²) in [5, 5.41) is 1.98. The molecular formula is C14H10N2OS. The summed E-state index contributed by atoms with van der Waals surface area (Å²) in [5.41, 5.74) is 2.89. The molecule has 18 heavy (non-hydrogen) atoms. The first-order valence-electron chi connectivity index (χ1n) is 5.53. The number of imidazole rings is 1. The van der Waals surface area contributed by atoms with E-state index in [1.54, 1.807) is 17.4 Å². The van der Waals surface area contributed by atoms with Crippen LogP contribution in [0.2, 0.25) is 0 Å². The quantitative estimate of drug-likeness (QED) is 0.531. The van der Waals surface area contributed by atoms with Gasteiger partial charge in [-0.25, -0.2) is 4.98 Å². The molecule has 0 N–H and O–H groups in total. The number of carbonyl (C=O) groups excluding carboxylic acids is 1. The van der Waals surface area contributed by atoms with E-state index in [1.807, 2.05) is 46.3 Å². The summed E-state index contributed by atoms with van der Waals surface area (Å²) in [6.07, 6.45) is 6.03. The number of aromatic nitrogens is 2. The number of thiazole rings is 1. The van der Waals surface area contributed by atoms with Crippen LogP contribution in [0.5, 0.6) is 0 Å². The number of hydrogen-bond donors (Lipinski definition) is 0. The Morgan fingerprint density at radius 2 is 2.06 bits per heavy atom. The molecule has 2 aromatic heterocycles. The largest absolute Gasteiger partial charge is 0.299 e. The zero-order valence-electron chi connectivity index (χ0n) is 9.48. The molecule has 0 aliphatic heterocycles. The molecular weight excluding hydrogens is 244 g/mol. The van der Waals surface area contributed by atoms with Crippen LogP contribution in [-0.4, -0.2) is 15.7 Å². The Hall–Kier alpha value is -2.20. The molecule has 0 aliphatic carbocycles. The van der Waals surface area contributed by atoms with E-state index in [0.29, 0.717) is 0 Å². The maximum absolute atomic E-state index is 10.5. The summed E-state index contributed by atoms with van der Waals surface area (Å²) in [6, 6.07) is 9.98. The van der Waals surface area contributed by atoms with E-state index >= 15 is 0 Å². The van der Waals surface area contributed by atoms with Gasteiger partial charge in [-0.15, -0.1) is 11.3 Å². The molecule has 88 valence electrons. The molecule has 1 aromatic carbocycles. The maximum Gasteiger partial charge on any atom is 0.194 e. The summed E-state index contributed by atoms with van der Waals surface area (Å²) in [5.74, 6) is 0. The van der Waals surface area contributed by atoms with Crippen LogP contribution in [0, 0.1) is 0 Å². The summed E-state index contributed by atoms with van der Waals surface area (Å²) in [7, 11) is 0. The summed E-state index contributed by atoms with van der Waals surface area (Å²) in [4.78, 5) is 16.0. The van der Waals surface area contributed by atoms with Gasteiger partial charge < -0.3 is 0 Å². The first kappa shape index (κ1) is 10.9. The Kier molecular flexibility index (Phi) is 2.78. The fourth-order valence-electron chi connectivity index (χ4n) is 1.90. The van der Waals surface area contributed by atoms with Crippen LogP contribution in [-0.2, 0) is 4.79 Å². The highest BCUT2D eigenvalue weighted by molar-refractivity contribution is 7.15. The fraction of sp³-hybridized carbons (Fsp3) is 0. The van der Waals surface area contributed by atoms with E-state index in [0.717, 1.165) is 28.2 Å². The number of nitrogens with zero attached hydrogens (tertiary/aromatic N) is 2. The van der Waals surface area contributed by atoms with Gasteiger partial charge in [0.15, 0.2) is 4.96 Å². The topological polar surface area (TPSA) is 34.4 Å². The lowest BCUT2D eigenvalue weighted by Crippen LogP contribution is -1.85. The van der Waals surface area contributed by atoms with Gasteiger partial charge in [0.05, 0.1) is 11.4 Å². The van der Waals surface area contributed by atoms with Crippen molar-refractivity contribution in [3.63, 3.8) is 0 Å². The molecule has 3 rings (SSSR count). The molecule has 0 unspecified atom stereocenters. The molecule has 0 bridgehead atoms. The monoisotopic (exact) mass is 254 g/mol. The minimum Gasteiger partial charge on any atom is -0.299 e. The van der Waals surface area contributed by atoms with Gasteiger partial charge in [-0.3, -0.25) is 9.20 Å². The lowest BCUT2D eigenvalue weighted by Gasteiger charge is -1.98. The van der Waals surface area contributed by atoms with Crippen molar-refractivity contribution in [2.75, 3.05) is 0 Å². The lowest BCUT2D eigenvalue weighted by atomic mass is 10.1. The smallest absolute Gasteiger partial charge is 0.194 e. The van der Waals surface area contributed by atoms with Crippen molar-refractivity contribution in [1.29, 1.82) is 0 Å². The summed E-state index contributed by atoms with van der Waals surface area (Å²) in [6.45, 7) is 0. The molecule has 0 atom stereocenters. The summed E-state index contributed by atoms with van der Waals surface area (Å²) < 4.78 is 1.99. The molecule has 0 aliphatic rings. The Morgan fingerprint density at radius 1 is 1.22 bits per heavy atom. The van der Waals surface area contributed by atoms with Crippen molar-refractivity contribution < 1.29 is 4.79 Å². The standard InChI is InChI=1S/C14H10N2OS/c17-9-4-7-12-13(11-5-2-1-3-6-11)15-14-16(12)8-10-18-14/h1-10H. The number of rotatable bonds is 3. The van der Waals surface area contributed by atoms with Crippen LogP contribution in [0.25, 0.3) is 22.3 Å². The highest BCUT2D eigenvalue weighted by Crippen LogP contribution is 2.27. The van der Waals surface area contributed by atoms with E-state index in [2.05, 4.69) is 4.98 Å². The van der Waals surface area contributed by atoms with E-state index in [9.17, 15) is 4.79 Å². The second-order valence-electron chi connectivity index (χ2n) is 3.76. The molecule has 4 heteroatoms. The van der Waals surface area contributed by atoms with Crippen molar-refractivity contribution in [3.8, 4) is 11.3 Å². The Bertz CT molecular complexity index is 710. The first-order chi connectivity index (χ1) is 8.90. The van der Waals surface area contributed by atoms with Crippen LogP contribution < -0.4 is 0 Å². The van der Waals surface area contributed by atoms with Crippen molar-refractivity contribution >= 4 is 28.7 Å². The number of benzene rings is 1. The highest BCUT2D eigenvalue weighted by atomic mass is 32.1. The lowest BCUT2D eigenvalue weighted by molar-refractivity contribution is -0.104. The van der Waals surface area contributed by atoms with Gasteiger partial charge in [0, 0.05) is 17.1 Å². The highest BCUT2D eigenvalue weighted by Gasteiger charge is 2.11. The van der Waals surface area contributed by atoms with Crippen LogP contribution in [0.4, 0.5) is 0 Å². The van der Waals surface area contributed by atoms with Crippen LogP contribution in [0.3, 0.4) is 0 Å². The first-order valence-corrected chi connectivity index (χ1v) is 6.41. The molecule has 0 saturated carbocycles. The van der Waals surface area contributed by atoms with Gasteiger partial charge in [0.25, 0.3) is 0 Å². The molecule has 0 spiro atoms. The van der Waals surface area contributed by atoms with Gasteiger partial charge in [0.1, 0.15) is 6.29 Å². The zero-order chi connectivity index (χ0) is 12.4. The van der Waals surface area contributed by atoms with Crippen molar-refractivity contribution in [2.24, 2.45) is 0 Å². The minimum absolute atomic E-state index is 0.778. The normalized spacial score (nSPS) is 11.3. The molecule has 0 radical (unpaired) electrons.